The molecule has 0 bridgehead atoms. The van der Waals surface area contributed by atoms with Crippen molar-refractivity contribution in [3.05, 3.63) is 48.0 Å². The van der Waals surface area contributed by atoms with Gasteiger partial charge in [0, 0.05) is 11.7 Å². The third-order valence-corrected chi connectivity index (χ3v) is 6.18. The fraction of sp³-hybridized carbons (Fsp3) is 0.440. The highest BCUT2D eigenvalue weighted by Gasteiger charge is 2.35. The number of benzene rings is 2. The lowest BCUT2D eigenvalue weighted by atomic mass is 9.70. The van der Waals surface area contributed by atoms with E-state index in [1.807, 2.05) is 6.07 Å². The van der Waals surface area contributed by atoms with Crippen molar-refractivity contribution >= 4 is 28.6 Å². The summed E-state index contributed by atoms with van der Waals surface area (Å²) in [6.07, 6.45) is -1.69. The lowest BCUT2D eigenvalue weighted by molar-refractivity contribution is -0.274. The molecular formula is C25H28F3N3O3. The van der Waals surface area contributed by atoms with E-state index in [0.717, 1.165) is 24.8 Å². The van der Waals surface area contributed by atoms with Crippen molar-refractivity contribution in [2.24, 2.45) is 11.3 Å². The first-order chi connectivity index (χ1) is 15.9. The van der Waals surface area contributed by atoms with Crippen molar-refractivity contribution in [2.75, 3.05) is 12.4 Å². The molecule has 4 rings (SSSR count). The molecule has 34 heavy (non-hydrogen) atoms. The van der Waals surface area contributed by atoms with Crippen LogP contribution in [0, 0.1) is 11.3 Å². The second-order valence-electron chi connectivity index (χ2n) is 9.76. The fourth-order valence-corrected chi connectivity index (χ4v) is 5.16. The zero-order chi connectivity index (χ0) is 24.7. The molecule has 2 aromatic carbocycles. The molecule has 182 valence electrons. The van der Waals surface area contributed by atoms with Gasteiger partial charge in [0.05, 0.1) is 23.7 Å². The van der Waals surface area contributed by atoms with Crippen LogP contribution in [0.25, 0.3) is 11.0 Å². The van der Waals surface area contributed by atoms with Crippen LogP contribution in [0.5, 0.6) is 5.75 Å². The lowest BCUT2D eigenvalue weighted by Gasteiger charge is -2.40. The third kappa shape index (κ3) is 5.29. The summed E-state index contributed by atoms with van der Waals surface area (Å²) < 4.78 is 48.4. The van der Waals surface area contributed by atoms with Gasteiger partial charge in [-0.3, -0.25) is 0 Å². The number of nitrogens with one attached hydrogen (secondary N) is 1. The molecule has 1 aliphatic carbocycles. The van der Waals surface area contributed by atoms with Crippen LogP contribution in [0.2, 0.25) is 0 Å². The smallest absolute Gasteiger partial charge is 0.465 e. The summed E-state index contributed by atoms with van der Waals surface area (Å²) in [7, 11) is 1.33. The second-order valence-corrected chi connectivity index (χ2v) is 9.76. The molecule has 0 aliphatic heterocycles. The number of rotatable bonds is 5. The minimum absolute atomic E-state index is 0.152. The first-order valence-corrected chi connectivity index (χ1v) is 11.2. The van der Waals surface area contributed by atoms with Crippen LogP contribution in [-0.4, -0.2) is 29.0 Å². The van der Waals surface area contributed by atoms with Gasteiger partial charge in [-0.15, -0.1) is 13.2 Å². The number of fused-ring (bicyclic) bond motifs is 1. The highest BCUT2D eigenvalue weighted by Crippen LogP contribution is 2.46. The van der Waals surface area contributed by atoms with E-state index in [4.69, 9.17) is 9.72 Å². The van der Waals surface area contributed by atoms with Gasteiger partial charge in [-0.1, -0.05) is 20.8 Å². The number of imidazole rings is 1. The number of halogens is 3. The third-order valence-electron chi connectivity index (χ3n) is 6.18. The molecule has 1 N–H and O–H groups in total. The average Bonchev–Trinajstić information content (AvgIpc) is 3.09. The van der Waals surface area contributed by atoms with Crippen molar-refractivity contribution < 1.29 is 27.4 Å². The maximum absolute atomic E-state index is 12.5. The predicted molar refractivity (Wildman–Crippen MR) is 123 cm³/mol. The maximum atomic E-state index is 12.5. The number of carbonyl (C=O) groups is 1. The van der Waals surface area contributed by atoms with Gasteiger partial charge in [0.25, 0.3) is 0 Å². The van der Waals surface area contributed by atoms with Gasteiger partial charge < -0.3 is 19.4 Å². The summed E-state index contributed by atoms with van der Waals surface area (Å²) in [5.41, 5.74) is 2.64. The number of methoxy groups -OCH3 is 1. The predicted octanol–water partition coefficient (Wildman–Crippen LogP) is 6.85. The van der Waals surface area contributed by atoms with Gasteiger partial charge in [-0.2, -0.15) is 0 Å². The summed E-state index contributed by atoms with van der Waals surface area (Å²) in [6.45, 7) is 6.77. The molecule has 0 saturated heterocycles. The van der Waals surface area contributed by atoms with E-state index in [-0.39, 0.29) is 17.2 Å². The Bertz CT molecular complexity index is 1190. The number of alkyl halides is 3. The van der Waals surface area contributed by atoms with Gasteiger partial charge in [0.15, 0.2) is 0 Å². The van der Waals surface area contributed by atoms with Crippen molar-refractivity contribution in [1.82, 2.24) is 9.55 Å². The molecule has 0 amide bonds. The summed E-state index contributed by atoms with van der Waals surface area (Å²) in [5.74, 6) is 0.347. The minimum Gasteiger partial charge on any atom is -0.465 e. The van der Waals surface area contributed by atoms with Gasteiger partial charge in [-0.05, 0) is 73.1 Å². The molecule has 0 radical (unpaired) electrons. The number of nitrogens with zero attached hydrogens (tertiary/aromatic N) is 2. The number of hydrogen-bond acceptors (Lipinski definition) is 5. The quantitative estimate of drug-likeness (QED) is 0.409. The zero-order valence-corrected chi connectivity index (χ0v) is 19.6. The van der Waals surface area contributed by atoms with E-state index in [0.29, 0.717) is 28.6 Å². The molecule has 1 aliphatic rings. The van der Waals surface area contributed by atoms with Crippen LogP contribution in [0.1, 0.15) is 56.4 Å². The number of ether oxygens (including phenoxy) is 2. The van der Waals surface area contributed by atoms with E-state index >= 15 is 0 Å². The Balaban J connectivity index is 1.73. The normalized spacial score (nSPS) is 20.2. The molecule has 1 fully saturated rings. The lowest BCUT2D eigenvalue weighted by Crippen LogP contribution is -2.29. The van der Waals surface area contributed by atoms with Crippen molar-refractivity contribution in [3.8, 4) is 5.75 Å². The van der Waals surface area contributed by atoms with Crippen LogP contribution in [0.15, 0.2) is 42.5 Å². The minimum atomic E-state index is -4.75. The van der Waals surface area contributed by atoms with Crippen molar-refractivity contribution in [2.45, 2.75) is 52.4 Å². The molecule has 0 spiro atoms. The molecule has 9 heteroatoms. The van der Waals surface area contributed by atoms with Crippen LogP contribution in [-0.2, 0) is 4.74 Å². The van der Waals surface area contributed by atoms with E-state index in [9.17, 15) is 18.0 Å². The van der Waals surface area contributed by atoms with E-state index in [2.05, 4.69) is 35.4 Å². The Kier molecular flexibility index (Phi) is 6.22. The molecule has 1 saturated carbocycles. The van der Waals surface area contributed by atoms with E-state index < -0.39 is 12.3 Å². The highest BCUT2D eigenvalue weighted by molar-refractivity contribution is 5.94. The van der Waals surface area contributed by atoms with Crippen molar-refractivity contribution in [3.63, 3.8) is 0 Å². The largest absolute Gasteiger partial charge is 0.573 e. The second kappa shape index (κ2) is 8.85. The summed E-state index contributed by atoms with van der Waals surface area (Å²) in [4.78, 5) is 16.8. The summed E-state index contributed by atoms with van der Waals surface area (Å²) in [6, 6.07) is 11.0. The van der Waals surface area contributed by atoms with Crippen LogP contribution in [0.4, 0.5) is 24.8 Å². The van der Waals surface area contributed by atoms with E-state index in [1.54, 1.807) is 12.1 Å². The number of hydrogen-bond donors (Lipinski definition) is 1. The number of esters is 1. The molecule has 1 heterocycles. The monoisotopic (exact) mass is 475 g/mol. The van der Waals surface area contributed by atoms with Crippen molar-refractivity contribution in [1.29, 1.82) is 0 Å². The summed E-state index contributed by atoms with van der Waals surface area (Å²) >= 11 is 0. The van der Waals surface area contributed by atoms with Gasteiger partial charge >= 0.3 is 12.3 Å². The maximum Gasteiger partial charge on any atom is 0.573 e. The molecule has 6 nitrogen and oxygen atoms in total. The Hall–Kier alpha value is -3.23. The fourth-order valence-electron chi connectivity index (χ4n) is 5.16. The Morgan fingerprint density at radius 1 is 1.15 bits per heavy atom. The van der Waals surface area contributed by atoms with Crippen LogP contribution >= 0.6 is 0 Å². The Morgan fingerprint density at radius 2 is 1.85 bits per heavy atom. The molecular weight excluding hydrogens is 447 g/mol. The zero-order valence-electron chi connectivity index (χ0n) is 19.6. The first-order valence-electron chi connectivity index (χ1n) is 11.2. The van der Waals surface area contributed by atoms with Crippen LogP contribution < -0.4 is 10.1 Å². The first kappa shape index (κ1) is 23.9. The van der Waals surface area contributed by atoms with Crippen LogP contribution in [0.3, 0.4) is 0 Å². The summed E-state index contributed by atoms with van der Waals surface area (Å²) in [5, 5.41) is 3.25. The molecule has 1 aromatic heterocycles. The molecule has 3 aromatic rings. The van der Waals surface area contributed by atoms with Gasteiger partial charge in [0.2, 0.25) is 5.95 Å². The van der Waals surface area contributed by atoms with E-state index in [1.165, 1.54) is 31.4 Å². The molecule has 2 unspecified atom stereocenters. The average molecular weight is 476 g/mol. The highest BCUT2D eigenvalue weighted by atomic mass is 19.4. The van der Waals surface area contributed by atoms with Gasteiger partial charge in [0.1, 0.15) is 5.75 Å². The molecule has 2 atom stereocenters. The number of aromatic nitrogens is 2. The standard InChI is InChI=1S/C25H28F3N3O3/c1-15-11-18(14-24(2,3)13-15)31-21-10-5-16(22(32)33-4)12-20(21)30-23(31)29-17-6-8-19(9-7-17)34-25(26,27)28/h5-10,12,15,18H,11,13-14H2,1-4H3,(H,29,30). The topological polar surface area (TPSA) is 65.4 Å². The SMILES string of the molecule is COC(=O)c1ccc2c(c1)nc(Nc1ccc(OC(F)(F)F)cc1)n2C1CC(C)CC(C)(C)C1. The number of carbonyl (C=O) groups excluding carboxylic acids is 1. The Morgan fingerprint density at radius 3 is 2.47 bits per heavy atom. The Labute approximate surface area is 196 Å². The number of anilines is 2. The van der Waals surface area contributed by atoms with Gasteiger partial charge in [-0.25, -0.2) is 9.78 Å².